The van der Waals surface area contributed by atoms with Crippen molar-refractivity contribution in [3.63, 3.8) is 0 Å². The molecule has 1 saturated carbocycles. The van der Waals surface area contributed by atoms with Gasteiger partial charge >= 0.3 is 0 Å². The van der Waals surface area contributed by atoms with Crippen molar-refractivity contribution >= 4 is 22.6 Å². The predicted octanol–water partition coefficient (Wildman–Crippen LogP) is 2.50. The van der Waals surface area contributed by atoms with Gasteiger partial charge in [0.2, 0.25) is 0 Å². The van der Waals surface area contributed by atoms with E-state index in [2.05, 4.69) is 34.4 Å². The highest BCUT2D eigenvalue weighted by Gasteiger charge is 2.33. The molecule has 1 aliphatic heterocycles. The molecule has 1 nitrogen and oxygen atoms in total. The lowest BCUT2D eigenvalue weighted by Crippen LogP contribution is -2.39. The first-order valence-corrected chi connectivity index (χ1v) is 5.88. The number of piperidine rings is 1. The summed E-state index contributed by atoms with van der Waals surface area (Å²) < 4.78 is 0.746. The van der Waals surface area contributed by atoms with Crippen LogP contribution in [0.1, 0.15) is 26.2 Å². The van der Waals surface area contributed by atoms with E-state index in [4.69, 9.17) is 0 Å². The van der Waals surface area contributed by atoms with Crippen molar-refractivity contribution in [2.45, 2.75) is 30.2 Å². The number of nitrogens with zero attached hydrogens (tertiary/aromatic N) is 1. The van der Waals surface area contributed by atoms with Gasteiger partial charge in [-0.2, -0.15) is 0 Å². The minimum atomic E-state index is 0.746. The fourth-order valence-corrected chi connectivity index (χ4v) is 2.99. The molecular weight excluding hydrogens is 249 g/mol. The minimum Gasteiger partial charge on any atom is -0.291 e. The lowest BCUT2D eigenvalue weighted by atomic mass is 9.99. The zero-order valence-corrected chi connectivity index (χ0v) is 9.25. The molecule has 11 heavy (non-hydrogen) atoms. The number of hydrogen-bond donors (Lipinski definition) is 0. The van der Waals surface area contributed by atoms with Crippen molar-refractivity contribution in [3.05, 3.63) is 0 Å². The molecule has 0 amide bonds. The van der Waals surface area contributed by atoms with E-state index >= 15 is 0 Å². The van der Waals surface area contributed by atoms with E-state index in [9.17, 15) is 0 Å². The summed E-state index contributed by atoms with van der Waals surface area (Å²) in [5, 5.41) is 0. The average molecular weight is 265 g/mol. The van der Waals surface area contributed by atoms with Gasteiger partial charge in [0.25, 0.3) is 0 Å². The van der Waals surface area contributed by atoms with E-state index in [-0.39, 0.29) is 0 Å². The molecule has 3 atom stereocenters. The van der Waals surface area contributed by atoms with Crippen LogP contribution in [0, 0.1) is 11.8 Å². The van der Waals surface area contributed by atoms with Crippen molar-refractivity contribution in [2.75, 3.05) is 13.1 Å². The van der Waals surface area contributed by atoms with Gasteiger partial charge < -0.3 is 0 Å². The van der Waals surface area contributed by atoms with E-state index in [1.54, 1.807) is 0 Å². The van der Waals surface area contributed by atoms with E-state index in [0.717, 1.165) is 15.9 Å². The fraction of sp³-hybridized carbons (Fsp3) is 1.00. The third-order valence-corrected chi connectivity index (χ3v) is 3.93. The molecule has 1 saturated heterocycles. The summed E-state index contributed by atoms with van der Waals surface area (Å²) >= 11 is 2.54. The maximum atomic E-state index is 2.65. The number of halogens is 1. The Kier molecular flexibility index (Phi) is 2.42. The van der Waals surface area contributed by atoms with Gasteiger partial charge in [-0.1, -0.05) is 22.6 Å². The van der Waals surface area contributed by atoms with Crippen LogP contribution in [0.25, 0.3) is 0 Å². The minimum absolute atomic E-state index is 0.746. The lowest BCUT2D eigenvalue weighted by molar-refractivity contribution is 0.168. The molecule has 2 rings (SSSR count). The summed E-state index contributed by atoms with van der Waals surface area (Å²) in [7, 11) is 0. The molecule has 1 heterocycles. The summed E-state index contributed by atoms with van der Waals surface area (Å²) in [6.07, 6.45) is 4.54. The Hall–Kier alpha value is 0.690. The summed E-state index contributed by atoms with van der Waals surface area (Å²) in [6, 6.07) is 0. The molecule has 0 spiro atoms. The largest absolute Gasteiger partial charge is 0.291 e. The van der Waals surface area contributed by atoms with E-state index in [0.29, 0.717) is 0 Å². The summed E-state index contributed by atoms with van der Waals surface area (Å²) in [6.45, 7) is 5.06. The second kappa shape index (κ2) is 3.21. The van der Waals surface area contributed by atoms with Crippen LogP contribution in [-0.2, 0) is 0 Å². The second-order valence-corrected chi connectivity index (χ2v) is 5.88. The van der Waals surface area contributed by atoms with Crippen LogP contribution in [0.15, 0.2) is 0 Å². The quantitative estimate of drug-likeness (QED) is 0.400. The smallest absolute Gasteiger partial charge is 0.0590 e. The van der Waals surface area contributed by atoms with Gasteiger partial charge in [0, 0.05) is 13.1 Å². The van der Waals surface area contributed by atoms with Gasteiger partial charge in [-0.25, -0.2) is 0 Å². The highest BCUT2D eigenvalue weighted by Crippen LogP contribution is 2.37. The Bertz CT molecular complexity index is 134. The van der Waals surface area contributed by atoms with Gasteiger partial charge in [-0.15, -0.1) is 0 Å². The average Bonchev–Trinajstić information content (AvgIpc) is 2.30. The van der Waals surface area contributed by atoms with Crippen LogP contribution in [0.4, 0.5) is 0 Å². The molecule has 2 bridgehead atoms. The number of rotatable bonds is 1. The van der Waals surface area contributed by atoms with Crippen molar-refractivity contribution in [1.29, 1.82) is 0 Å². The number of alkyl halides is 1. The van der Waals surface area contributed by atoms with Crippen molar-refractivity contribution in [2.24, 2.45) is 11.8 Å². The SMILES string of the molecule is CC(I)N1CC2CCC(C2)C1. The number of hydrogen-bond acceptors (Lipinski definition) is 1. The summed E-state index contributed by atoms with van der Waals surface area (Å²) in [5.74, 6) is 2.09. The molecule has 3 unspecified atom stereocenters. The normalized spacial score (nSPS) is 40.9. The molecule has 0 aromatic rings. The fourth-order valence-electron chi connectivity index (χ4n) is 2.54. The molecule has 2 fully saturated rings. The maximum Gasteiger partial charge on any atom is 0.0590 e. The Morgan fingerprint density at radius 2 is 1.82 bits per heavy atom. The third kappa shape index (κ3) is 1.72. The predicted molar refractivity (Wildman–Crippen MR) is 55.9 cm³/mol. The van der Waals surface area contributed by atoms with E-state index in [1.807, 2.05) is 0 Å². The van der Waals surface area contributed by atoms with Crippen LogP contribution in [0.5, 0.6) is 0 Å². The molecule has 2 heteroatoms. The highest BCUT2D eigenvalue weighted by molar-refractivity contribution is 14.1. The molecular formula is C9H16IN. The van der Waals surface area contributed by atoms with Crippen molar-refractivity contribution < 1.29 is 0 Å². The Labute approximate surface area is 82.7 Å². The van der Waals surface area contributed by atoms with Crippen LogP contribution in [-0.4, -0.2) is 22.0 Å². The number of likely N-dealkylation sites (tertiary alicyclic amines) is 1. The topological polar surface area (TPSA) is 3.24 Å². The lowest BCUT2D eigenvalue weighted by Gasteiger charge is -2.33. The summed E-state index contributed by atoms with van der Waals surface area (Å²) in [4.78, 5) is 2.65. The van der Waals surface area contributed by atoms with Gasteiger partial charge in [-0.3, -0.25) is 4.90 Å². The molecule has 1 aliphatic carbocycles. The Balaban J connectivity index is 1.97. The number of fused-ring (bicyclic) bond motifs is 2. The zero-order valence-electron chi connectivity index (χ0n) is 7.09. The first kappa shape index (κ1) is 8.30. The molecule has 2 aliphatic rings. The second-order valence-electron chi connectivity index (χ2n) is 4.07. The van der Waals surface area contributed by atoms with Crippen LogP contribution >= 0.6 is 22.6 Å². The third-order valence-electron chi connectivity index (χ3n) is 3.14. The first-order chi connectivity index (χ1) is 5.25. The zero-order chi connectivity index (χ0) is 7.84. The summed E-state index contributed by atoms with van der Waals surface area (Å²) in [5.41, 5.74) is 0. The molecule has 64 valence electrons. The first-order valence-electron chi connectivity index (χ1n) is 4.64. The van der Waals surface area contributed by atoms with Crippen LogP contribution in [0.2, 0.25) is 0 Å². The van der Waals surface area contributed by atoms with Gasteiger partial charge in [0.05, 0.1) is 4.05 Å². The Morgan fingerprint density at radius 3 is 2.27 bits per heavy atom. The van der Waals surface area contributed by atoms with Crippen molar-refractivity contribution in [3.8, 4) is 0 Å². The standard InChI is InChI=1S/C9H16IN/c1-7(10)11-5-8-2-3-9(4-8)6-11/h7-9H,2-6H2,1H3. The molecule has 0 aromatic heterocycles. The van der Waals surface area contributed by atoms with Gasteiger partial charge in [-0.05, 0) is 38.0 Å². The highest BCUT2D eigenvalue weighted by atomic mass is 127. The molecule has 0 N–H and O–H groups in total. The molecule has 0 radical (unpaired) electrons. The van der Waals surface area contributed by atoms with E-state index < -0.39 is 0 Å². The Morgan fingerprint density at radius 1 is 1.27 bits per heavy atom. The van der Waals surface area contributed by atoms with Crippen LogP contribution in [0.3, 0.4) is 0 Å². The van der Waals surface area contributed by atoms with Gasteiger partial charge in [0.1, 0.15) is 0 Å². The molecule has 0 aromatic carbocycles. The van der Waals surface area contributed by atoms with Gasteiger partial charge in [0.15, 0.2) is 0 Å². The monoisotopic (exact) mass is 265 g/mol. The van der Waals surface area contributed by atoms with Crippen LogP contribution < -0.4 is 0 Å². The maximum absolute atomic E-state index is 2.65. The van der Waals surface area contributed by atoms with E-state index in [1.165, 1.54) is 32.4 Å². The van der Waals surface area contributed by atoms with Crippen molar-refractivity contribution in [1.82, 2.24) is 4.90 Å².